The zero-order chi connectivity index (χ0) is 23.4. The van der Waals surface area contributed by atoms with E-state index in [0.29, 0.717) is 21.4 Å². The van der Waals surface area contributed by atoms with Crippen molar-refractivity contribution in [3.05, 3.63) is 69.5 Å². The molecule has 1 heterocycles. The molecule has 0 spiro atoms. The number of halogens is 2. The summed E-state index contributed by atoms with van der Waals surface area (Å²) in [6.07, 6.45) is 0. The van der Waals surface area contributed by atoms with Gasteiger partial charge in [0.1, 0.15) is 0 Å². The van der Waals surface area contributed by atoms with Crippen molar-refractivity contribution in [3.8, 4) is 5.69 Å². The van der Waals surface area contributed by atoms with E-state index in [1.807, 2.05) is 45.0 Å². The highest BCUT2D eigenvalue weighted by Gasteiger charge is 2.17. The van der Waals surface area contributed by atoms with Crippen molar-refractivity contribution in [1.82, 2.24) is 14.7 Å². The van der Waals surface area contributed by atoms with Gasteiger partial charge in [-0.3, -0.25) is 14.5 Å². The van der Waals surface area contributed by atoms with E-state index in [0.717, 1.165) is 22.6 Å². The number of hydrogen-bond donors (Lipinski definition) is 2. The van der Waals surface area contributed by atoms with Gasteiger partial charge >= 0.3 is 0 Å². The maximum Gasteiger partial charge on any atom is 0.238 e. The van der Waals surface area contributed by atoms with Gasteiger partial charge in [-0.2, -0.15) is 5.10 Å². The molecule has 0 unspecified atom stereocenters. The fourth-order valence-electron chi connectivity index (χ4n) is 3.26. The van der Waals surface area contributed by atoms with E-state index in [1.54, 1.807) is 34.8 Å². The van der Waals surface area contributed by atoms with Crippen LogP contribution in [0.5, 0.6) is 0 Å². The van der Waals surface area contributed by atoms with E-state index in [4.69, 9.17) is 23.2 Å². The predicted molar refractivity (Wildman–Crippen MR) is 129 cm³/mol. The molecule has 0 aliphatic carbocycles. The molecule has 32 heavy (non-hydrogen) atoms. The zero-order valence-corrected chi connectivity index (χ0v) is 19.9. The number of carbonyl (C=O) groups is 2. The van der Waals surface area contributed by atoms with Crippen LogP contribution in [0.25, 0.3) is 5.69 Å². The highest BCUT2D eigenvalue weighted by molar-refractivity contribution is 6.42. The number of amides is 2. The Labute approximate surface area is 197 Å². The van der Waals surface area contributed by atoms with Crippen LogP contribution in [0.1, 0.15) is 17.0 Å². The molecule has 3 aromatic rings. The van der Waals surface area contributed by atoms with Crippen LogP contribution in [0.2, 0.25) is 10.0 Å². The molecule has 1 aromatic heterocycles. The fraction of sp³-hybridized carbons (Fsp3) is 0.261. The molecule has 0 fully saturated rings. The van der Waals surface area contributed by atoms with Crippen LogP contribution in [0.4, 0.5) is 11.4 Å². The summed E-state index contributed by atoms with van der Waals surface area (Å²) in [5.41, 5.74) is 4.85. The molecule has 0 radical (unpaired) electrons. The molecule has 9 heteroatoms. The van der Waals surface area contributed by atoms with E-state index in [1.165, 1.54) is 0 Å². The van der Waals surface area contributed by atoms with Gasteiger partial charge in [0.2, 0.25) is 11.8 Å². The molecule has 0 saturated carbocycles. The second-order valence-electron chi connectivity index (χ2n) is 7.69. The normalized spacial score (nSPS) is 11.0. The minimum Gasteiger partial charge on any atom is -0.325 e. The zero-order valence-electron chi connectivity index (χ0n) is 18.4. The summed E-state index contributed by atoms with van der Waals surface area (Å²) in [5, 5.41) is 11.0. The second-order valence-corrected chi connectivity index (χ2v) is 8.51. The molecule has 0 aliphatic rings. The molecule has 2 N–H and O–H groups in total. The lowest BCUT2D eigenvalue weighted by atomic mass is 10.2. The number of likely N-dealkylation sites (N-methyl/N-ethyl adjacent to an activating group) is 1. The van der Waals surface area contributed by atoms with Gasteiger partial charge < -0.3 is 10.6 Å². The number of hydrogen-bond acceptors (Lipinski definition) is 4. The summed E-state index contributed by atoms with van der Waals surface area (Å²) in [7, 11) is 1.70. The van der Waals surface area contributed by atoms with Crippen molar-refractivity contribution in [2.45, 2.75) is 20.8 Å². The lowest BCUT2D eigenvalue weighted by Gasteiger charge is -2.16. The number of rotatable bonds is 7. The summed E-state index contributed by atoms with van der Waals surface area (Å²) < 4.78 is 1.80. The third-order valence-corrected chi connectivity index (χ3v) is 5.60. The maximum atomic E-state index is 12.6. The molecule has 2 aromatic carbocycles. The van der Waals surface area contributed by atoms with Crippen LogP contribution >= 0.6 is 23.2 Å². The highest BCUT2D eigenvalue weighted by Crippen LogP contribution is 2.25. The molecule has 2 amide bonds. The van der Waals surface area contributed by atoms with Crippen LogP contribution < -0.4 is 10.6 Å². The molecule has 0 aliphatic heterocycles. The van der Waals surface area contributed by atoms with Crippen molar-refractivity contribution in [3.63, 3.8) is 0 Å². The van der Waals surface area contributed by atoms with Crippen molar-refractivity contribution < 1.29 is 9.59 Å². The van der Waals surface area contributed by atoms with Gasteiger partial charge in [0.15, 0.2) is 0 Å². The molecular formula is C23H25Cl2N5O2. The Balaban J connectivity index is 1.58. The largest absolute Gasteiger partial charge is 0.325 e. The molecule has 0 bridgehead atoms. The van der Waals surface area contributed by atoms with E-state index in [-0.39, 0.29) is 24.9 Å². The van der Waals surface area contributed by atoms with Crippen molar-refractivity contribution in [1.29, 1.82) is 0 Å². The Morgan fingerprint density at radius 1 is 0.938 bits per heavy atom. The molecular weight excluding hydrogens is 449 g/mol. The van der Waals surface area contributed by atoms with Crippen LogP contribution in [-0.2, 0) is 9.59 Å². The third-order valence-electron chi connectivity index (χ3n) is 4.86. The Morgan fingerprint density at radius 3 is 2.19 bits per heavy atom. The smallest absolute Gasteiger partial charge is 0.238 e. The van der Waals surface area contributed by atoms with Crippen molar-refractivity contribution in [2.75, 3.05) is 30.8 Å². The summed E-state index contributed by atoms with van der Waals surface area (Å²) in [6.45, 7) is 5.86. The number of aromatic nitrogens is 2. The quantitative estimate of drug-likeness (QED) is 0.524. The van der Waals surface area contributed by atoms with Gasteiger partial charge in [-0.05, 0) is 58.2 Å². The summed E-state index contributed by atoms with van der Waals surface area (Å²) in [4.78, 5) is 26.5. The van der Waals surface area contributed by atoms with Crippen molar-refractivity contribution >= 4 is 46.4 Å². The first kappa shape index (κ1) is 23.8. The van der Waals surface area contributed by atoms with Gasteiger partial charge in [-0.25, -0.2) is 4.68 Å². The van der Waals surface area contributed by atoms with E-state index >= 15 is 0 Å². The SMILES string of the molecule is Cc1ccc(-n2nc(C)c(NC(=O)CN(C)CC(=O)Nc3ccc(Cl)c(Cl)c3)c2C)cc1. The topological polar surface area (TPSA) is 79.3 Å². The third kappa shape index (κ3) is 5.88. The van der Waals surface area contributed by atoms with Gasteiger partial charge in [-0.15, -0.1) is 0 Å². The van der Waals surface area contributed by atoms with Crippen LogP contribution in [0.3, 0.4) is 0 Å². The first-order valence-electron chi connectivity index (χ1n) is 10.0. The van der Waals surface area contributed by atoms with Crippen LogP contribution in [0.15, 0.2) is 42.5 Å². The average Bonchev–Trinajstić information content (AvgIpc) is 2.99. The molecule has 7 nitrogen and oxygen atoms in total. The maximum absolute atomic E-state index is 12.6. The number of aryl methyl sites for hydroxylation is 2. The van der Waals surface area contributed by atoms with Crippen molar-refractivity contribution in [2.24, 2.45) is 0 Å². The average molecular weight is 474 g/mol. The number of nitrogens with one attached hydrogen (secondary N) is 2. The summed E-state index contributed by atoms with van der Waals surface area (Å²) in [5.74, 6) is -0.497. The molecule has 168 valence electrons. The predicted octanol–water partition coefficient (Wildman–Crippen LogP) is 4.61. The monoisotopic (exact) mass is 473 g/mol. The first-order valence-corrected chi connectivity index (χ1v) is 10.8. The van der Waals surface area contributed by atoms with E-state index < -0.39 is 0 Å². The molecule has 0 atom stereocenters. The first-order chi connectivity index (χ1) is 15.1. The summed E-state index contributed by atoms with van der Waals surface area (Å²) in [6, 6.07) is 12.9. The van der Waals surface area contributed by atoms with Gasteiger partial charge in [0.05, 0.1) is 45.9 Å². The fourth-order valence-corrected chi connectivity index (χ4v) is 3.56. The lowest BCUT2D eigenvalue weighted by Crippen LogP contribution is -2.36. The van der Waals surface area contributed by atoms with E-state index in [2.05, 4.69) is 15.7 Å². The Bertz CT molecular complexity index is 1140. The Hall–Kier alpha value is -2.87. The minimum absolute atomic E-state index is 0.0360. The van der Waals surface area contributed by atoms with Gasteiger partial charge in [0, 0.05) is 5.69 Å². The van der Waals surface area contributed by atoms with Gasteiger partial charge in [-0.1, -0.05) is 40.9 Å². The number of anilines is 2. The second kappa shape index (κ2) is 10.2. The number of nitrogens with zero attached hydrogens (tertiary/aromatic N) is 3. The Kier molecular flexibility index (Phi) is 7.56. The number of benzene rings is 2. The minimum atomic E-state index is -0.266. The number of carbonyl (C=O) groups excluding carboxylic acids is 2. The molecule has 0 saturated heterocycles. The standard InChI is InChI=1S/C23H25Cl2N5O2/c1-14-5-8-18(9-6-14)30-16(3)23(15(2)28-30)27-22(32)13-29(4)12-21(31)26-17-7-10-19(24)20(25)11-17/h5-11H,12-13H2,1-4H3,(H,26,31)(H,27,32). The highest BCUT2D eigenvalue weighted by atomic mass is 35.5. The Morgan fingerprint density at radius 2 is 1.56 bits per heavy atom. The van der Waals surface area contributed by atoms with Crippen LogP contribution in [0, 0.1) is 20.8 Å². The van der Waals surface area contributed by atoms with Crippen LogP contribution in [-0.4, -0.2) is 46.6 Å². The van der Waals surface area contributed by atoms with Gasteiger partial charge in [0.25, 0.3) is 0 Å². The lowest BCUT2D eigenvalue weighted by molar-refractivity contribution is -0.119. The van der Waals surface area contributed by atoms with E-state index in [9.17, 15) is 9.59 Å². The molecule has 3 rings (SSSR count). The summed E-state index contributed by atoms with van der Waals surface area (Å²) >= 11 is 11.9.